The van der Waals surface area contributed by atoms with E-state index in [2.05, 4.69) is 22.3 Å². The van der Waals surface area contributed by atoms with Gasteiger partial charge in [-0.15, -0.1) is 0 Å². The summed E-state index contributed by atoms with van der Waals surface area (Å²) in [6.07, 6.45) is 3.13. The van der Waals surface area contributed by atoms with Crippen molar-refractivity contribution in [1.82, 2.24) is 15.0 Å². The molecule has 2 unspecified atom stereocenters. The standard InChI is InChI=1S/C28H29FN4O3/c1-27(2,3)35-26(34)33(23-15-22(23)19-8-5-4-6-9-19)17-28(10-7-11-28)25-31-24(36-32-25)20-12-18(16-30)13-21(29)14-20/h4-6,8-9,12-14,22-23H,7,10-11,15,17H2,1-3H3. The Morgan fingerprint density at radius 1 is 1.25 bits per heavy atom. The average molecular weight is 489 g/mol. The Balaban J connectivity index is 1.42. The van der Waals surface area contributed by atoms with Gasteiger partial charge < -0.3 is 14.2 Å². The van der Waals surface area contributed by atoms with E-state index in [-0.39, 0.29) is 29.5 Å². The molecule has 36 heavy (non-hydrogen) atoms. The topological polar surface area (TPSA) is 92.2 Å². The van der Waals surface area contributed by atoms with Crippen LogP contribution in [0.2, 0.25) is 0 Å². The molecule has 0 radical (unpaired) electrons. The summed E-state index contributed by atoms with van der Waals surface area (Å²) >= 11 is 0. The van der Waals surface area contributed by atoms with Gasteiger partial charge in [0.15, 0.2) is 5.82 Å². The molecule has 2 atom stereocenters. The first-order chi connectivity index (χ1) is 17.2. The van der Waals surface area contributed by atoms with Gasteiger partial charge in [0, 0.05) is 24.1 Å². The second-order valence-electron chi connectivity index (χ2n) is 10.8. The van der Waals surface area contributed by atoms with Gasteiger partial charge in [0.25, 0.3) is 5.89 Å². The van der Waals surface area contributed by atoms with Crippen molar-refractivity contribution in [2.75, 3.05) is 6.54 Å². The highest BCUT2D eigenvalue weighted by Gasteiger charge is 2.52. The Labute approximate surface area is 209 Å². The Morgan fingerprint density at radius 3 is 2.64 bits per heavy atom. The molecule has 0 bridgehead atoms. The highest BCUT2D eigenvalue weighted by Crippen LogP contribution is 2.49. The summed E-state index contributed by atoms with van der Waals surface area (Å²) in [5, 5.41) is 13.4. The lowest BCUT2D eigenvalue weighted by Gasteiger charge is -2.43. The first kappa shape index (κ1) is 24.0. The normalized spacial score (nSPS) is 20.2. The maximum absolute atomic E-state index is 14.0. The Kier molecular flexibility index (Phi) is 6.03. The molecule has 2 aromatic carbocycles. The van der Waals surface area contributed by atoms with Crippen molar-refractivity contribution in [3.8, 4) is 17.5 Å². The lowest BCUT2D eigenvalue weighted by Crippen LogP contribution is -2.50. The molecule has 7 nitrogen and oxygen atoms in total. The number of carbonyl (C=O) groups excluding carboxylic acids is 1. The number of amides is 1. The molecule has 1 aromatic heterocycles. The van der Waals surface area contributed by atoms with Crippen molar-refractivity contribution in [2.45, 2.75) is 69.4 Å². The molecule has 2 aliphatic rings. The number of nitriles is 1. The van der Waals surface area contributed by atoms with Crippen LogP contribution in [0.3, 0.4) is 0 Å². The van der Waals surface area contributed by atoms with Crippen molar-refractivity contribution < 1.29 is 18.4 Å². The molecule has 186 valence electrons. The highest BCUT2D eigenvalue weighted by molar-refractivity contribution is 5.70. The molecule has 0 N–H and O–H groups in total. The zero-order valence-electron chi connectivity index (χ0n) is 20.7. The van der Waals surface area contributed by atoms with Gasteiger partial charge in [-0.1, -0.05) is 41.9 Å². The average Bonchev–Trinajstić information content (AvgIpc) is 3.44. The second-order valence-corrected chi connectivity index (χ2v) is 10.8. The largest absolute Gasteiger partial charge is 0.444 e. The van der Waals surface area contributed by atoms with Crippen molar-refractivity contribution in [1.29, 1.82) is 5.26 Å². The van der Waals surface area contributed by atoms with Crippen LogP contribution in [-0.4, -0.2) is 39.3 Å². The number of rotatable bonds is 6. The van der Waals surface area contributed by atoms with E-state index >= 15 is 0 Å². The van der Waals surface area contributed by atoms with E-state index in [0.29, 0.717) is 17.9 Å². The molecule has 5 rings (SSSR count). The van der Waals surface area contributed by atoms with Crippen LogP contribution in [0.15, 0.2) is 53.1 Å². The molecule has 0 saturated heterocycles. The summed E-state index contributed by atoms with van der Waals surface area (Å²) in [5.74, 6) is 0.369. The van der Waals surface area contributed by atoms with E-state index in [1.807, 2.05) is 49.9 Å². The molecule has 2 saturated carbocycles. The van der Waals surface area contributed by atoms with Crippen molar-refractivity contribution in [3.05, 3.63) is 71.3 Å². The van der Waals surface area contributed by atoms with Crippen LogP contribution in [0.25, 0.3) is 11.5 Å². The molecular formula is C28H29FN4O3. The van der Waals surface area contributed by atoms with Crippen LogP contribution >= 0.6 is 0 Å². The van der Waals surface area contributed by atoms with Crippen molar-refractivity contribution in [3.63, 3.8) is 0 Å². The molecule has 2 aliphatic carbocycles. The molecular weight excluding hydrogens is 459 g/mol. The number of halogens is 1. The number of hydrogen-bond acceptors (Lipinski definition) is 6. The van der Waals surface area contributed by atoms with Crippen LogP contribution in [0, 0.1) is 17.1 Å². The summed E-state index contributed by atoms with van der Waals surface area (Å²) < 4.78 is 25.3. The maximum atomic E-state index is 14.0. The summed E-state index contributed by atoms with van der Waals surface area (Å²) in [5.41, 5.74) is 0.664. The Morgan fingerprint density at radius 2 is 2.00 bits per heavy atom. The van der Waals surface area contributed by atoms with Gasteiger partial charge in [-0.2, -0.15) is 10.2 Å². The van der Waals surface area contributed by atoms with Gasteiger partial charge in [0.2, 0.25) is 0 Å². The number of ether oxygens (including phenoxy) is 1. The third-order valence-electron chi connectivity index (χ3n) is 6.97. The van der Waals surface area contributed by atoms with Crippen LogP contribution in [0.4, 0.5) is 9.18 Å². The number of aromatic nitrogens is 2. The lowest BCUT2D eigenvalue weighted by molar-refractivity contribution is 0.0123. The Hall–Kier alpha value is -3.73. The minimum atomic E-state index is -0.617. The van der Waals surface area contributed by atoms with E-state index in [1.54, 1.807) is 0 Å². The molecule has 1 amide bonds. The zero-order valence-corrected chi connectivity index (χ0v) is 20.7. The predicted molar refractivity (Wildman–Crippen MR) is 130 cm³/mol. The predicted octanol–water partition coefficient (Wildman–Crippen LogP) is 5.96. The summed E-state index contributed by atoms with van der Waals surface area (Å²) in [4.78, 5) is 19.8. The van der Waals surface area contributed by atoms with E-state index in [0.717, 1.165) is 31.7 Å². The zero-order chi connectivity index (χ0) is 25.5. The maximum Gasteiger partial charge on any atom is 0.410 e. The number of hydrogen-bond donors (Lipinski definition) is 0. The first-order valence-corrected chi connectivity index (χ1v) is 12.3. The van der Waals surface area contributed by atoms with Gasteiger partial charge >= 0.3 is 6.09 Å². The van der Waals surface area contributed by atoms with Crippen LogP contribution in [0.5, 0.6) is 0 Å². The fraction of sp³-hybridized carbons (Fsp3) is 0.429. The van der Waals surface area contributed by atoms with Crippen molar-refractivity contribution in [2.24, 2.45) is 0 Å². The van der Waals surface area contributed by atoms with E-state index in [1.165, 1.54) is 17.7 Å². The number of nitrogens with zero attached hydrogens (tertiary/aromatic N) is 4. The second kappa shape index (κ2) is 9.05. The van der Waals surface area contributed by atoms with Gasteiger partial charge in [-0.05, 0) is 63.8 Å². The third kappa shape index (κ3) is 4.83. The van der Waals surface area contributed by atoms with Gasteiger partial charge in [0.1, 0.15) is 11.4 Å². The molecule has 1 heterocycles. The summed E-state index contributed by atoms with van der Waals surface area (Å²) in [6, 6.07) is 16.1. The smallest absolute Gasteiger partial charge is 0.410 e. The molecule has 0 aliphatic heterocycles. The highest BCUT2D eigenvalue weighted by atomic mass is 19.1. The number of benzene rings is 2. The fourth-order valence-electron chi connectivity index (χ4n) is 4.94. The van der Waals surface area contributed by atoms with E-state index in [4.69, 9.17) is 9.26 Å². The van der Waals surface area contributed by atoms with Crippen LogP contribution in [-0.2, 0) is 10.2 Å². The van der Waals surface area contributed by atoms with E-state index in [9.17, 15) is 14.4 Å². The molecule has 3 aromatic rings. The number of carbonyl (C=O) groups is 1. The molecule has 8 heteroatoms. The summed E-state index contributed by atoms with van der Waals surface area (Å²) in [7, 11) is 0. The van der Waals surface area contributed by atoms with Gasteiger partial charge in [-0.3, -0.25) is 0 Å². The van der Waals surface area contributed by atoms with Crippen LogP contribution < -0.4 is 0 Å². The first-order valence-electron chi connectivity index (χ1n) is 12.3. The minimum absolute atomic E-state index is 0.0347. The van der Waals surface area contributed by atoms with Gasteiger partial charge in [0.05, 0.1) is 17.0 Å². The van der Waals surface area contributed by atoms with E-state index < -0.39 is 16.8 Å². The van der Waals surface area contributed by atoms with Gasteiger partial charge in [-0.25, -0.2) is 9.18 Å². The Bertz CT molecular complexity index is 1300. The summed E-state index contributed by atoms with van der Waals surface area (Å²) in [6.45, 7) is 6.01. The SMILES string of the molecule is CC(C)(C)OC(=O)N(CC1(c2noc(-c3cc(F)cc(C#N)c3)n2)CCC1)C1CC1c1ccccc1. The van der Waals surface area contributed by atoms with Crippen LogP contribution in [0.1, 0.15) is 69.3 Å². The van der Waals surface area contributed by atoms with Crippen molar-refractivity contribution >= 4 is 6.09 Å². The minimum Gasteiger partial charge on any atom is -0.444 e. The lowest BCUT2D eigenvalue weighted by atomic mass is 9.67. The monoisotopic (exact) mass is 488 g/mol. The third-order valence-corrected chi connectivity index (χ3v) is 6.97. The fourth-order valence-corrected chi connectivity index (χ4v) is 4.94. The molecule has 2 fully saturated rings. The molecule has 0 spiro atoms. The quantitative estimate of drug-likeness (QED) is 0.425.